The highest BCUT2D eigenvalue weighted by Crippen LogP contribution is 2.37. The highest BCUT2D eigenvalue weighted by Gasteiger charge is 2.35. The molecular formula is C33H34N2O2. The van der Waals surface area contributed by atoms with Crippen LogP contribution in [-0.4, -0.2) is 25.7 Å². The Balaban J connectivity index is 1.70. The molecule has 0 amide bonds. The van der Waals surface area contributed by atoms with Crippen LogP contribution in [0.5, 0.6) is 11.5 Å². The zero-order valence-electron chi connectivity index (χ0n) is 21.8. The standard InChI is InChI=1S/C33H34N2O2/c1-26(28-19-20-31(36-2)32(23-28)37-3)35(24-27-13-7-4-8-14-27)22-21-33(25-34,29-15-9-5-10-16-29)30-17-11-6-12-18-30/h4-20,23,26H,21-22,24H2,1-3H3. The van der Waals surface area contributed by atoms with Crippen LogP contribution in [-0.2, 0) is 12.0 Å². The molecule has 0 N–H and O–H groups in total. The second-order valence-electron chi connectivity index (χ2n) is 9.25. The summed E-state index contributed by atoms with van der Waals surface area (Å²) in [6.45, 7) is 3.70. The molecule has 1 unspecified atom stereocenters. The second-order valence-corrected chi connectivity index (χ2v) is 9.25. The summed E-state index contributed by atoms with van der Waals surface area (Å²) in [7, 11) is 3.31. The van der Waals surface area contributed by atoms with Gasteiger partial charge in [-0.25, -0.2) is 0 Å². The Morgan fingerprint density at radius 3 is 1.81 bits per heavy atom. The zero-order valence-corrected chi connectivity index (χ0v) is 21.8. The van der Waals surface area contributed by atoms with E-state index in [1.54, 1.807) is 14.2 Å². The van der Waals surface area contributed by atoms with Gasteiger partial charge in [0.15, 0.2) is 11.5 Å². The minimum absolute atomic E-state index is 0.0861. The summed E-state index contributed by atoms with van der Waals surface area (Å²) in [6, 6.07) is 39.7. The van der Waals surface area contributed by atoms with E-state index in [1.165, 1.54) is 5.56 Å². The maximum absolute atomic E-state index is 10.7. The van der Waals surface area contributed by atoms with Crippen molar-refractivity contribution in [3.63, 3.8) is 0 Å². The van der Waals surface area contributed by atoms with Crippen LogP contribution >= 0.6 is 0 Å². The van der Waals surface area contributed by atoms with E-state index in [4.69, 9.17) is 9.47 Å². The molecular weight excluding hydrogens is 456 g/mol. The predicted molar refractivity (Wildman–Crippen MR) is 149 cm³/mol. The van der Waals surface area contributed by atoms with Gasteiger partial charge in [0.1, 0.15) is 5.41 Å². The molecule has 0 aliphatic heterocycles. The lowest BCUT2D eigenvalue weighted by Crippen LogP contribution is -2.35. The van der Waals surface area contributed by atoms with Crippen LogP contribution in [0.1, 0.15) is 41.6 Å². The summed E-state index contributed by atoms with van der Waals surface area (Å²) in [5.41, 5.74) is 3.64. The van der Waals surface area contributed by atoms with E-state index >= 15 is 0 Å². The van der Waals surface area contributed by atoms with E-state index < -0.39 is 5.41 Å². The summed E-state index contributed by atoms with van der Waals surface area (Å²) in [5, 5.41) is 10.7. The smallest absolute Gasteiger partial charge is 0.161 e. The molecule has 0 radical (unpaired) electrons. The molecule has 0 aliphatic carbocycles. The Morgan fingerprint density at radius 1 is 0.757 bits per heavy atom. The van der Waals surface area contributed by atoms with Gasteiger partial charge in [0, 0.05) is 19.1 Å². The minimum Gasteiger partial charge on any atom is -0.493 e. The Bertz CT molecular complexity index is 1260. The monoisotopic (exact) mass is 490 g/mol. The van der Waals surface area contributed by atoms with Gasteiger partial charge in [-0.05, 0) is 47.7 Å². The van der Waals surface area contributed by atoms with E-state index in [2.05, 4.69) is 72.5 Å². The van der Waals surface area contributed by atoms with Crippen LogP contribution in [0, 0.1) is 11.3 Å². The van der Waals surface area contributed by atoms with Gasteiger partial charge in [-0.1, -0.05) is 97.1 Å². The van der Waals surface area contributed by atoms with Gasteiger partial charge in [0.05, 0.1) is 20.3 Å². The van der Waals surface area contributed by atoms with Crippen LogP contribution < -0.4 is 9.47 Å². The Kier molecular flexibility index (Phi) is 8.61. The lowest BCUT2D eigenvalue weighted by molar-refractivity contribution is 0.190. The van der Waals surface area contributed by atoms with Gasteiger partial charge in [-0.2, -0.15) is 5.26 Å². The Morgan fingerprint density at radius 2 is 1.30 bits per heavy atom. The lowest BCUT2D eigenvalue weighted by atomic mass is 9.73. The fourth-order valence-electron chi connectivity index (χ4n) is 4.95. The van der Waals surface area contributed by atoms with E-state index in [0.717, 1.165) is 29.8 Å². The molecule has 4 aromatic carbocycles. The molecule has 37 heavy (non-hydrogen) atoms. The second kappa shape index (κ2) is 12.3. The number of ether oxygens (including phenoxy) is 2. The number of methoxy groups -OCH3 is 2. The first-order chi connectivity index (χ1) is 18.1. The molecule has 1 atom stereocenters. The fraction of sp³-hybridized carbons (Fsp3) is 0.242. The van der Waals surface area contributed by atoms with Crippen molar-refractivity contribution in [3.8, 4) is 17.6 Å². The SMILES string of the molecule is COc1ccc(C(C)N(CCC(C#N)(c2ccccc2)c2ccccc2)Cc2ccccc2)cc1OC. The largest absolute Gasteiger partial charge is 0.493 e. The first kappa shape index (κ1) is 26.0. The van der Waals surface area contributed by atoms with Crippen molar-refractivity contribution in [1.29, 1.82) is 5.26 Å². The maximum atomic E-state index is 10.7. The van der Waals surface area contributed by atoms with Crippen molar-refractivity contribution in [2.24, 2.45) is 0 Å². The molecule has 0 saturated carbocycles. The first-order valence-electron chi connectivity index (χ1n) is 12.6. The topological polar surface area (TPSA) is 45.5 Å². The predicted octanol–water partition coefficient (Wildman–Crippen LogP) is 7.17. The van der Waals surface area contributed by atoms with Crippen molar-refractivity contribution in [1.82, 2.24) is 4.90 Å². The van der Waals surface area contributed by atoms with Crippen molar-refractivity contribution in [2.75, 3.05) is 20.8 Å². The third-order valence-electron chi connectivity index (χ3n) is 7.16. The van der Waals surface area contributed by atoms with Gasteiger partial charge < -0.3 is 9.47 Å². The highest BCUT2D eigenvalue weighted by molar-refractivity contribution is 5.46. The molecule has 0 heterocycles. The summed E-state index contributed by atoms with van der Waals surface area (Å²) < 4.78 is 11.0. The highest BCUT2D eigenvalue weighted by atomic mass is 16.5. The van der Waals surface area contributed by atoms with E-state index in [1.807, 2.05) is 54.6 Å². The van der Waals surface area contributed by atoms with E-state index in [-0.39, 0.29) is 6.04 Å². The van der Waals surface area contributed by atoms with E-state index in [0.29, 0.717) is 17.9 Å². The third-order valence-corrected chi connectivity index (χ3v) is 7.16. The molecule has 0 aromatic heterocycles. The molecule has 0 aliphatic rings. The van der Waals surface area contributed by atoms with Crippen LogP contribution in [0.4, 0.5) is 0 Å². The van der Waals surface area contributed by atoms with Gasteiger partial charge in [-0.15, -0.1) is 0 Å². The third kappa shape index (κ3) is 5.85. The van der Waals surface area contributed by atoms with Gasteiger partial charge >= 0.3 is 0 Å². The van der Waals surface area contributed by atoms with Gasteiger partial charge in [0.25, 0.3) is 0 Å². The molecule has 188 valence electrons. The summed E-state index contributed by atoms with van der Waals surface area (Å²) in [6.07, 6.45) is 0.655. The quantitative estimate of drug-likeness (QED) is 0.224. The maximum Gasteiger partial charge on any atom is 0.161 e. The number of rotatable bonds is 11. The molecule has 4 heteroatoms. The number of hydrogen-bond acceptors (Lipinski definition) is 4. The van der Waals surface area contributed by atoms with Gasteiger partial charge in [-0.3, -0.25) is 4.90 Å². The molecule has 4 aromatic rings. The average molecular weight is 491 g/mol. The Hall–Kier alpha value is -4.07. The molecule has 0 fully saturated rings. The van der Waals surface area contributed by atoms with E-state index in [9.17, 15) is 5.26 Å². The van der Waals surface area contributed by atoms with Crippen molar-refractivity contribution < 1.29 is 9.47 Å². The molecule has 0 bridgehead atoms. The van der Waals surface area contributed by atoms with Crippen molar-refractivity contribution >= 4 is 0 Å². The zero-order chi connectivity index (χ0) is 26.1. The fourth-order valence-corrected chi connectivity index (χ4v) is 4.95. The molecule has 0 saturated heterocycles. The molecule has 0 spiro atoms. The Labute approximate surface area is 220 Å². The lowest BCUT2D eigenvalue weighted by Gasteiger charge is -2.34. The average Bonchev–Trinajstić information content (AvgIpc) is 2.98. The van der Waals surface area contributed by atoms with Crippen molar-refractivity contribution in [3.05, 3.63) is 131 Å². The van der Waals surface area contributed by atoms with Crippen LogP contribution in [0.2, 0.25) is 0 Å². The van der Waals surface area contributed by atoms with Crippen LogP contribution in [0.3, 0.4) is 0 Å². The number of nitrogens with zero attached hydrogens (tertiary/aromatic N) is 2. The summed E-state index contributed by atoms with van der Waals surface area (Å²) in [4.78, 5) is 2.44. The number of benzene rings is 4. The summed E-state index contributed by atoms with van der Waals surface area (Å²) >= 11 is 0. The molecule has 4 nitrogen and oxygen atoms in total. The number of nitriles is 1. The summed E-state index contributed by atoms with van der Waals surface area (Å²) in [5.74, 6) is 1.43. The first-order valence-corrected chi connectivity index (χ1v) is 12.6. The van der Waals surface area contributed by atoms with Crippen molar-refractivity contribution in [2.45, 2.75) is 31.3 Å². The van der Waals surface area contributed by atoms with Gasteiger partial charge in [0.2, 0.25) is 0 Å². The van der Waals surface area contributed by atoms with Crippen LogP contribution in [0.25, 0.3) is 0 Å². The van der Waals surface area contributed by atoms with Crippen LogP contribution in [0.15, 0.2) is 109 Å². The molecule has 4 rings (SSSR count). The number of hydrogen-bond donors (Lipinski definition) is 0. The minimum atomic E-state index is -0.755. The normalized spacial score (nSPS) is 12.1.